The van der Waals surface area contributed by atoms with Gasteiger partial charge in [-0.05, 0) is 55.8 Å². The number of hydrogen-bond donors (Lipinski definition) is 1. The maximum absolute atomic E-state index is 17.0. The van der Waals surface area contributed by atoms with Gasteiger partial charge in [-0.25, -0.2) is 18.2 Å². The average Bonchev–Trinajstić information content (AvgIpc) is 3.55. The number of aromatic nitrogens is 3. The highest BCUT2D eigenvalue weighted by atomic mass is 19.1. The molecule has 9 nitrogen and oxygen atoms in total. The van der Waals surface area contributed by atoms with Gasteiger partial charge in [0.15, 0.2) is 5.82 Å². The van der Waals surface area contributed by atoms with Crippen LogP contribution in [0.25, 0.3) is 32.9 Å². The summed E-state index contributed by atoms with van der Waals surface area (Å²) in [6.07, 6.45) is 8.36. The molecule has 3 atom stereocenters. The van der Waals surface area contributed by atoms with Crippen LogP contribution in [0.1, 0.15) is 37.7 Å². The summed E-state index contributed by atoms with van der Waals surface area (Å²) in [4.78, 5) is 18.0. The van der Waals surface area contributed by atoms with Gasteiger partial charge in [0.1, 0.15) is 53.4 Å². The number of aromatic hydroxyl groups is 1. The van der Waals surface area contributed by atoms with Crippen LogP contribution >= 0.6 is 0 Å². The minimum atomic E-state index is -0.941. The van der Waals surface area contributed by atoms with Gasteiger partial charge in [-0.3, -0.25) is 4.90 Å². The van der Waals surface area contributed by atoms with Crippen LogP contribution in [0, 0.1) is 24.0 Å². The number of nitrogens with zero attached hydrogens (tertiary/aromatic N) is 5. The Morgan fingerprint density at radius 3 is 2.80 bits per heavy atom. The number of phenolic OH excluding ortho intramolecular Hbond substituents is 1. The molecule has 8 rings (SSSR count). The van der Waals surface area contributed by atoms with Crippen molar-refractivity contribution in [2.45, 2.75) is 49.4 Å². The number of alkyl halides is 1. The number of halogens is 3. The number of likely N-dealkylation sites (N-methyl/N-ethyl adjacent to an activating group) is 1. The second kappa shape index (κ2) is 10.6. The molecule has 46 heavy (non-hydrogen) atoms. The summed E-state index contributed by atoms with van der Waals surface area (Å²) < 4.78 is 64.8. The lowest BCUT2D eigenvalue weighted by atomic mass is 9.91. The predicted molar refractivity (Wildman–Crippen MR) is 165 cm³/mol. The number of ether oxygens (including phenoxy) is 3. The van der Waals surface area contributed by atoms with Gasteiger partial charge in [-0.1, -0.05) is 12.0 Å². The first-order valence-corrected chi connectivity index (χ1v) is 15.5. The first-order chi connectivity index (χ1) is 22.2. The maximum atomic E-state index is 17.0. The Bertz CT molecular complexity index is 1940. The average molecular weight is 632 g/mol. The van der Waals surface area contributed by atoms with Crippen molar-refractivity contribution in [3.05, 3.63) is 41.5 Å². The third kappa shape index (κ3) is 4.36. The molecule has 2 aromatic heterocycles. The predicted octanol–water partition coefficient (Wildman–Crippen LogP) is 5.14. The van der Waals surface area contributed by atoms with Crippen molar-refractivity contribution in [3.63, 3.8) is 0 Å². The van der Waals surface area contributed by atoms with E-state index in [-0.39, 0.29) is 64.0 Å². The quantitative estimate of drug-likeness (QED) is 0.308. The van der Waals surface area contributed by atoms with E-state index < -0.39 is 28.9 Å². The molecule has 0 radical (unpaired) electrons. The van der Waals surface area contributed by atoms with Crippen molar-refractivity contribution in [1.82, 2.24) is 19.9 Å². The number of benzene rings is 2. The molecule has 238 valence electrons. The number of rotatable bonds is 4. The molecule has 6 heterocycles. The summed E-state index contributed by atoms with van der Waals surface area (Å²) in [5.74, 6) is 1.12. The number of terminal acetylenes is 1. The molecular formula is C34H32F3N5O4. The Hall–Kier alpha value is -4.34. The lowest BCUT2D eigenvalue weighted by molar-refractivity contribution is 0.0153. The molecule has 1 unspecified atom stereocenters. The van der Waals surface area contributed by atoms with Crippen LogP contribution in [0.15, 0.2) is 24.3 Å². The van der Waals surface area contributed by atoms with Crippen LogP contribution in [-0.4, -0.2) is 88.8 Å². The van der Waals surface area contributed by atoms with E-state index in [0.717, 1.165) is 32.2 Å². The van der Waals surface area contributed by atoms with Gasteiger partial charge in [0.2, 0.25) is 5.88 Å². The monoisotopic (exact) mass is 631 g/mol. The van der Waals surface area contributed by atoms with E-state index in [1.165, 1.54) is 24.3 Å². The molecule has 0 saturated carbocycles. The fourth-order valence-electron chi connectivity index (χ4n) is 7.83. The molecule has 4 aliphatic heterocycles. The van der Waals surface area contributed by atoms with Crippen molar-refractivity contribution >= 4 is 27.5 Å². The van der Waals surface area contributed by atoms with Crippen LogP contribution in [0.5, 0.6) is 17.6 Å². The van der Waals surface area contributed by atoms with Gasteiger partial charge in [-0.15, -0.1) is 6.42 Å². The molecule has 1 N–H and O–H groups in total. The number of anilines is 1. The van der Waals surface area contributed by atoms with E-state index in [0.29, 0.717) is 37.4 Å². The van der Waals surface area contributed by atoms with Crippen molar-refractivity contribution in [2.24, 2.45) is 0 Å². The molecule has 12 heteroatoms. The van der Waals surface area contributed by atoms with Crippen molar-refractivity contribution in [1.29, 1.82) is 0 Å². The Kier molecular flexibility index (Phi) is 6.71. The standard InChI is InChI=1S/C34H32F3N5O4/c1-3-22-24(36)7-6-19-12-21(43)13-23(25(19)22)28-27(37)29-26-30(41(2)34(9-5-11-44-16-34)18-45-31(26)38-28)40-32(39-29)46-17-33-8-4-10-42(33)15-20(35)14-33/h1,6-7,12-13,20,43H,4-5,8-11,14-18H2,2H3/t20-,33+,34?/m1/s1. The molecule has 4 aromatic rings. The van der Waals surface area contributed by atoms with Crippen LogP contribution in [0.4, 0.5) is 19.0 Å². The first-order valence-electron chi connectivity index (χ1n) is 15.5. The highest BCUT2D eigenvalue weighted by Crippen LogP contribution is 2.46. The normalized spacial score (nSPS) is 25.9. The van der Waals surface area contributed by atoms with Gasteiger partial charge in [0, 0.05) is 37.6 Å². The highest BCUT2D eigenvalue weighted by Gasteiger charge is 2.50. The molecule has 1 spiro atoms. The molecule has 0 amide bonds. The number of phenols is 1. The van der Waals surface area contributed by atoms with Gasteiger partial charge in [0.25, 0.3) is 0 Å². The third-order valence-corrected chi connectivity index (χ3v) is 10.2. The molecule has 3 saturated heterocycles. The van der Waals surface area contributed by atoms with Gasteiger partial charge >= 0.3 is 6.01 Å². The van der Waals surface area contributed by atoms with Gasteiger partial charge < -0.3 is 24.2 Å². The minimum absolute atomic E-state index is 0.0650. The van der Waals surface area contributed by atoms with Crippen molar-refractivity contribution in [2.75, 3.05) is 51.5 Å². The lowest BCUT2D eigenvalue weighted by Gasteiger charge is -2.43. The van der Waals surface area contributed by atoms with Gasteiger partial charge in [-0.2, -0.15) is 9.97 Å². The van der Waals surface area contributed by atoms with E-state index in [2.05, 4.69) is 20.8 Å². The zero-order chi connectivity index (χ0) is 31.8. The number of fused-ring (bicyclic) bond motifs is 2. The summed E-state index contributed by atoms with van der Waals surface area (Å²) >= 11 is 0. The zero-order valence-electron chi connectivity index (χ0n) is 25.3. The fourth-order valence-corrected chi connectivity index (χ4v) is 7.83. The summed E-state index contributed by atoms with van der Waals surface area (Å²) in [5.41, 5.74) is -1.45. The number of pyridine rings is 1. The molecular weight excluding hydrogens is 599 g/mol. The SMILES string of the molecule is C#Cc1c(F)ccc2cc(O)cc(-c3nc4c5c(nc(OC[C@@]67CCCN6C[C@H](F)C7)nc5c3F)N(C)C3(CCCOC3)CO4)c12. The topological polar surface area (TPSA) is 93.1 Å². The highest BCUT2D eigenvalue weighted by molar-refractivity contribution is 6.04. The lowest BCUT2D eigenvalue weighted by Crippen LogP contribution is -2.56. The Morgan fingerprint density at radius 2 is 2.00 bits per heavy atom. The molecule has 4 aliphatic rings. The second-order valence-electron chi connectivity index (χ2n) is 12.9. The van der Waals surface area contributed by atoms with Crippen LogP contribution in [-0.2, 0) is 4.74 Å². The minimum Gasteiger partial charge on any atom is -0.508 e. The summed E-state index contributed by atoms with van der Waals surface area (Å²) in [6.45, 7) is 2.44. The van der Waals surface area contributed by atoms with Crippen LogP contribution in [0.3, 0.4) is 0 Å². The van der Waals surface area contributed by atoms with Gasteiger partial charge in [0.05, 0.1) is 23.2 Å². The largest absolute Gasteiger partial charge is 0.508 e. The third-order valence-electron chi connectivity index (χ3n) is 10.2. The van der Waals surface area contributed by atoms with E-state index >= 15 is 4.39 Å². The fraction of sp³-hybridized carbons (Fsp3) is 0.441. The van der Waals surface area contributed by atoms with E-state index in [4.69, 9.17) is 25.6 Å². The molecule has 2 aromatic carbocycles. The summed E-state index contributed by atoms with van der Waals surface area (Å²) in [7, 11) is 1.86. The van der Waals surface area contributed by atoms with Crippen LogP contribution in [0.2, 0.25) is 0 Å². The molecule has 0 aliphatic carbocycles. The molecule has 3 fully saturated rings. The zero-order valence-corrected chi connectivity index (χ0v) is 25.3. The number of hydrogen-bond acceptors (Lipinski definition) is 9. The van der Waals surface area contributed by atoms with Crippen molar-refractivity contribution in [3.8, 4) is 41.2 Å². The second-order valence-corrected chi connectivity index (χ2v) is 12.9. The Balaban J connectivity index is 1.34. The smallest absolute Gasteiger partial charge is 0.319 e. The van der Waals surface area contributed by atoms with E-state index in [1.54, 1.807) is 0 Å². The Labute approximate surface area is 263 Å². The Morgan fingerprint density at radius 1 is 1.13 bits per heavy atom. The van der Waals surface area contributed by atoms with E-state index in [1.807, 2.05) is 11.9 Å². The van der Waals surface area contributed by atoms with Crippen LogP contribution < -0.4 is 14.4 Å². The maximum Gasteiger partial charge on any atom is 0.319 e. The van der Waals surface area contributed by atoms with E-state index in [9.17, 15) is 13.9 Å². The summed E-state index contributed by atoms with van der Waals surface area (Å²) in [6, 6.07) is 5.32. The summed E-state index contributed by atoms with van der Waals surface area (Å²) in [5, 5.41) is 11.5. The molecule has 0 bridgehead atoms. The first kappa shape index (κ1) is 29.1. The van der Waals surface area contributed by atoms with Crippen molar-refractivity contribution < 1.29 is 32.5 Å².